The van der Waals surface area contributed by atoms with Gasteiger partial charge < -0.3 is 10.6 Å². The Morgan fingerprint density at radius 3 is 2.05 bits per heavy atom. The van der Waals surface area contributed by atoms with Crippen molar-refractivity contribution in [3.8, 4) is 0 Å². The molecule has 104 valence electrons. The molecule has 2 N–H and O–H groups in total. The lowest BCUT2D eigenvalue weighted by atomic mass is 10.2. The molecule has 0 aliphatic heterocycles. The third kappa shape index (κ3) is 5.09. The van der Waals surface area contributed by atoms with E-state index in [2.05, 4.69) is 10.6 Å². The zero-order chi connectivity index (χ0) is 14.5. The summed E-state index contributed by atoms with van der Waals surface area (Å²) in [5, 5.41) is 5.16. The predicted molar refractivity (Wildman–Crippen MR) is 70.6 cm³/mol. The standard InChI is InChI=1S/C12H16N2O4S/c1-9(15)13-7-8-14-12(16)10-3-5-11(6-4-10)19(2,17)18/h3-6H,7-8H2,1-2H3,(H,13,15)(H,14,16). The highest BCUT2D eigenvalue weighted by atomic mass is 32.2. The van der Waals surface area contributed by atoms with Crippen molar-refractivity contribution >= 4 is 21.7 Å². The third-order valence-electron chi connectivity index (χ3n) is 2.33. The molecule has 19 heavy (non-hydrogen) atoms. The minimum absolute atomic E-state index is 0.160. The second-order valence-electron chi connectivity index (χ2n) is 4.04. The average Bonchev–Trinajstić information content (AvgIpc) is 2.33. The van der Waals surface area contributed by atoms with Gasteiger partial charge in [0.25, 0.3) is 5.91 Å². The Labute approximate surface area is 112 Å². The minimum Gasteiger partial charge on any atom is -0.355 e. The van der Waals surface area contributed by atoms with Crippen LogP contribution in [0.15, 0.2) is 29.2 Å². The van der Waals surface area contributed by atoms with Crippen LogP contribution in [0.3, 0.4) is 0 Å². The molecule has 0 spiro atoms. The summed E-state index contributed by atoms with van der Waals surface area (Å²) in [5.74, 6) is -0.475. The third-order valence-corrected chi connectivity index (χ3v) is 3.46. The van der Waals surface area contributed by atoms with Crippen molar-refractivity contribution < 1.29 is 18.0 Å². The Kier molecular flexibility index (Phi) is 5.05. The van der Waals surface area contributed by atoms with Crippen molar-refractivity contribution in [1.82, 2.24) is 10.6 Å². The van der Waals surface area contributed by atoms with E-state index in [0.29, 0.717) is 18.7 Å². The number of sulfone groups is 1. The lowest BCUT2D eigenvalue weighted by Crippen LogP contribution is -2.33. The van der Waals surface area contributed by atoms with E-state index in [9.17, 15) is 18.0 Å². The van der Waals surface area contributed by atoms with E-state index in [1.165, 1.54) is 31.2 Å². The molecule has 0 saturated carbocycles. The van der Waals surface area contributed by atoms with E-state index in [1.54, 1.807) is 0 Å². The number of nitrogens with one attached hydrogen (secondary N) is 2. The summed E-state index contributed by atoms with van der Waals surface area (Å²) in [6.45, 7) is 2.06. The molecule has 0 bridgehead atoms. The van der Waals surface area contributed by atoms with Gasteiger partial charge in [0.2, 0.25) is 5.91 Å². The Bertz CT molecular complexity index is 564. The lowest BCUT2D eigenvalue weighted by molar-refractivity contribution is -0.118. The molecule has 0 unspecified atom stereocenters. The van der Waals surface area contributed by atoms with Crippen molar-refractivity contribution in [2.24, 2.45) is 0 Å². The van der Waals surface area contributed by atoms with Crippen molar-refractivity contribution in [3.05, 3.63) is 29.8 Å². The molecule has 0 aromatic heterocycles. The molecule has 7 heteroatoms. The quantitative estimate of drug-likeness (QED) is 0.742. The molecule has 1 rings (SSSR count). The molecule has 2 amide bonds. The van der Waals surface area contributed by atoms with Gasteiger partial charge in [-0.15, -0.1) is 0 Å². The van der Waals surface area contributed by atoms with Gasteiger partial charge in [0, 0.05) is 31.8 Å². The van der Waals surface area contributed by atoms with Gasteiger partial charge in [-0.05, 0) is 24.3 Å². The summed E-state index contributed by atoms with van der Waals surface area (Å²) in [5.41, 5.74) is 0.371. The van der Waals surface area contributed by atoms with Crippen LogP contribution in [0.5, 0.6) is 0 Å². The summed E-state index contributed by atoms with van der Waals surface area (Å²) < 4.78 is 22.5. The van der Waals surface area contributed by atoms with Crippen LogP contribution < -0.4 is 10.6 Å². The zero-order valence-corrected chi connectivity index (χ0v) is 11.6. The maximum absolute atomic E-state index is 11.7. The van der Waals surface area contributed by atoms with Crippen LogP contribution in [0.25, 0.3) is 0 Å². The van der Waals surface area contributed by atoms with Crippen LogP contribution in [-0.2, 0) is 14.6 Å². The van der Waals surface area contributed by atoms with Crippen molar-refractivity contribution in [2.45, 2.75) is 11.8 Å². The first-order valence-corrected chi connectivity index (χ1v) is 7.52. The Morgan fingerprint density at radius 2 is 1.58 bits per heavy atom. The van der Waals surface area contributed by atoms with E-state index in [-0.39, 0.29) is 16.7 Å². The molecular weight excluding hydrogens is 268 g/mol. The Morgan fingerprint density at radius 1 is 1.05 bits per heavy atom. The van der Waals surface area contributed by atoms with Crippen LogP contribution in [-0.4, -0.2) is 39.6 Å². The average molecular weight is 284 g/mol. The summed E-state index contributed by atoms with van der Waals surface area (Å²) in [6, 6.07) is 5.67. The maximum atomic E-state index is 11.7. The van der Waals surface area contributed by atoms with Gasteiger partial charge in [0.1, 0.15) is 0 Å². The second kappa shape index (κ2) is 6.33. The van der Waals surface area contributed by atoms with Gasteiger partial charge in [-0.1, -0.05) is 0 Å². The zero-order valence-electron chi connectivity index (χ0n) is 10.8. The first-order chi connectivity index (χ1) is 8.80. The van der Waals surface area contributed by atoms with Gasteiger partial charge >= 0.3 is 0 Å². The fourth-order valence-electron chi connectivity index (χ4n) is 1.37. The summed E-state index contributed by atoms with van der Waals surface area (Å²) in [7, 11) is -3.25. The molecule has 0 fully saturated rings. The van der Waals surface area contributed by atoms with Crippen molar-refractivity contribution in [3.63, 3.8) is 0 Å². The monoisotopic (exact) mass is 284 g/mol. The molecule has 0 heterocycles. The molecule has 0 atom stereocenters. The Balaban J connectivity index is 2.56. The number of carbonyl (C=O) groups is 2. The molecule has 0 aliphatic rings. The first kappa shape index (κ1) is 15.2. The molecule has 1 aromatic carbocycles. The first-order valence-electron chi connectivity index (χ1n) is 5.63. The maximum Gasteiger partial charge on any atom is 0.251 e. The second-order valence-corrected chi connectivity index (χ2v) is 6.05. The smallest absolute Gasteiger partial charge is 0.251 e. The fourth-order valence-corrected chi connectivity index (χ4v) is 2.00. The van der Waals surface area contributed by atoms with E-state index in [1.807, 2.05) is 0 Å². The van der Waals surface area contributed by atoms with Gasteiger partial charge in [-0.2, -0.15) is 0 Å². The molecule has 0 radical (unpaired) electrons. The van der Waals surface area contributed by atoms with Crippen LogP contribution in [0, 0.1) is 0 Å². The topological polar surface area (TPSA) is 92.3 Å². The molecule has 0 aliphatic carbocycles. The highest BCUT2D eigenvalue weighted by molar-refractivity contribution is 7.90. The van der Waals surface area contributed by atoms with Crippen LogP contribution in [0.2, 0.25) is 0 Å². The van der Waals surface area contributed by atoms with Crippen LogP contribution in [0.1, 0.15) is 17.3 Å². The van der Waals surface area contributed by atoms with E-state index < -0.39 is 9.84 Å². The van der Waals surface area contributed by atoms with E-state index in [0.717, 1.165) is 6.26 Å². The highest BCUT2D eigenvalue weighted by Gasteiger charge is 2.09. The summed E-state index contributed by atoms with van der Waals surface area (Å²) in [6.07, 6.45) is 1.11. The molecular formula is C12H16N2O4S. The lowest BCUT2D eigenvalue weighted by Gasteiger charge is -2.06. The summed E-state index contributed by atoms with van der Waals surface area (Å²) in [4.78, 5) is 22.5. The summed E-state index contributed by atoms with van der Waals surface area (Å²) >= 11 is 0. The number of hydrogen-bond acceptors (Lipinski definition) is 4. The predicted octanol–water partition coefficient (Wildman–Crippen LogP) is -0.0440. The van der Waals surface area contributed by atoms with E-state index in [4.69, 9.17) is 0 Å². The SMILES string of the molecule is CC(=O)NCCNC(=O)c1ccc(S(C)(=O)=O)cc1. The van der Waals surface area contributed by atoms with Crippen molar-refractivity contribution in [1.29, 1.82) is 0 Å². The molecule has 6 nitrogen and oxygen atoms in total. The number of benzene rings is 1. The van der Waals surface area contributed by atoms with Crippen LogP contribution in [0.4, 0.5) is 0 Å². The number of carbonyl (C=O) groups excluding carboxylic acids is 2. The number of hydrogen-bond donors (Lipinski definition) is 2. The van der Waals surface area contributed by atoms with E-state index >= 15 is 0 Å². The molecule has 0 saturated heterocycles. The van der Waals surface area contributed by atoms with Gasteiger partial charge in [0.05, 0.1) is 4.90 Å². The minimum atomic E-state index is -3.25. The van der Waals surface area contributed by atoms with Gasteiger partial charge in [0.15, 0.2) is 9.84 Å². The Hall–Kier alpha value is -1.89. The fraction of sp³-hybridized carbons (Fsp3) is 0.333. The van der Waals surface area contributed by atoms with Gasteiger partial charge in [-0.3, -0.25) is 9.59 Å². The van der Waals surface area contributed by atoms with Crippen molar-refractivity contribution in [2.75, 3.05) is 19.3 Å². The normalized spacial score (nSPS) is 10.8. The van der Waals surface area contributed by atoms with Crippen LogP contribution >= 0.6 is 0 Å². The highest BCUT2D eigenvalue weighted by Crippen LogP contribution is 2.10. The number of amides is 2. The number of rotatable bonds is 5. The van der Waals surface area contributed by atoms with Gasteiger partial charge in [-0.25, -0.2) is 8.42 Å². The largest absolute Gasteiger partial charge is 0.355 e. The molecule has 1 aromatic rings.